The van der Waals surface area contributed by atoms with Crippen molar-refractivity contribution in [3.8, 4) is 0 Å². The van der Waals surface area contributed by atoms with Gasteiger partial charge in [0.05, 0.1) is 12.6 Å². The van der Waals surface area contributed by atoms with Crippen molar-refractivity contribution < 1.29 is 14.4 Å². The molecule has 6 heteroatoms. The lowest BCUT2D eigenvalue weighted by atomic mass is 10.1. The molecule has 0 aliphatic heterocycles. The van der Waals surface area contributed by atoms with Gasteiger partial charge in [-0.1, -0.05) is 74.0 Å². The third kappa shape index (κ3) is 10.4. The fourth-order valence-electron chi connectivity index (χ4n) is 3.18. The van der Waals surface area contributed by atoms with Crippen molar-refractivity contribution in [2.45, 2.75) is 51.1 Å². The summed E-state index contributed by atoms with van der Waals surface area (Å²) in [5.74, 6) is -0.0827. The van der Waals surface area contributed by atoms with Crippen molar-refractivity contribution in [2.24, 2.45) is 0 Å². The van der Waals surface area contributed by atoms with E-state index in [1.165, 1.54) is 5.56 Å². The molecule has 0 aliphatic rings. The van der Waals surface area contributed by atoms with E-state index in [2.05, 4.69) is 35.2 Å². The number of carbonyl (C=O) groups excluding carboxylic acids is 2. The summed E-state index contributed by atoms with van der Waals surface area (Å²) in [6, 6.07) is 19.1. The lowest BCUT2D eigenvalue weighted by Crippen LogP contribution is -2.49. The molecule has 2 aromatic rings. The second kappa shape index (κ2) is 15.3. The Morgan fingerprint density at radius 3 is 2.29 bits per heavy atom. The molecule has 0 bridgehead atoms. The number of amides is 1. The number of hydrogen-bond acceptors (Lipinski definition) is 5. The molecule has 0 aliphatic carbocycles. The molecule has 1 amide bonds. The maximum absolute atomic E-state index is 12.6. The van der Waals surface area contributed by atoms with Crippen molar-refractivity contribution in [2.75, 3.05) is 19.7 Å². The molecule has 6 nitrogen and oxygen atoms in total. The van der Waals surface area contributed by atoms with E-state index < -0.39 is 12.1 Å². The quantitative estimate of drug-likeness (QED) is 0.219. The SMILES string of the molecule is CCCCNC(=O)C(CONC(C=O)Cc1ccccc1)NCCCc1ccccc1. The fraction of sp³-hybridized carbons (Fsp3) is 0.440. The number of hydroxylamine groups is 1. The van der Waals surface area contributed by atoms with E-state index in [1.807, 2.05) is 48.5 Å². The molecule has 0 heterocycles. The molecule has 31 heavy (non-hydrogen) atoms. The number of aldehydes is 1. The zero-order valence-corrected chi connectivity index (χ0v) is 18.4. The molecule has 2 atom stereocenters. The first-order valence-electron chi connectivity index (χ1n) is 11.1. The zero-order valence-electron chi connectivity index (χ0n) is 18.4. The maximum Gasteiger partial charge on any atom is 0.239 e. The van der Waals surface area contributed by atoms with Gasteiger partial charge in [0.1, 0.15) is 12.3 Å². The molecule has 0 spiro atoms. The number of aryl methyl sites for hydroxylation is 1. The second-order valence-electron chi connectivity index (χ2n) is 7.60. The average molecular weight is 426 g/mol. The Balaban J connectivity index is 1.79. The van der Waals surface area contributed by atoms with Crippen LogP contribution in [0.4, 0.5) is 0 Å². The monoisotopic (exact) mass is 425 g/mol. The predicted molar refractivity (Wildman–Crippen MR) is 124 cm³/mol. The summed E-state index contributed by atoms with van der Waals surface area (Å²) in [6.07, 6.45) is 5.19. The van der Waals surface area contributed by atoms with E-state index in [9.17, 15) is 9.59 Å². The number of unbranched alkanes of at least 4 members (excludes halogenated alkanes) is 1. The van der Waals surface area contributed by atoms with E-state index >= 15 is 0 Å². The van der Waals surface area contributed by atoms with Crippen LogP contribution in [0.5, 0.6) is 0 Å². The summed E-state index contributed by atoms with van der Waals surface area (Å²) < 4.78 is 0. The van der Waals surface area contributed by atoms with Crippen LogP contribution in [-0.2, 0) is 27.3 Å². The van der Waals surface area contributed by atoms with Crippen molar-refractivity contribution in [1.82, 2.24) is 16.1 Å². The number of carbonyl (C=O) groups is 2. The maximum atomic E-state index is 12.6. The average Bonchev–Trinajstić information content (AvgIpc) is 2.81. The highest BCUT2D eigenvalue weighted by Crippen LogP contribution is 2.03. The van der Waals surface area contributed by atoms with Gasteiger partial charge in [0, 0.05) is 6.54 Å². The minimum atomic E-state index is -0.482. The standard InChI is InChI=1S/C25H35N3O3/c1-2-3-16-27-25(30)24(26-17-10-15-21-11-6-4-7-12-21)20-31-28-23(19-29)18-22-13-8-5-9-14-22/h4-9,11-14,19,23-24,26,28H,2-3,10,15-18,20H2,1H3,(H,27,30). The van der Waals surface area contributed by atoms with Gasteiger partial charge in [-0.2, -0.15) is 5.48 Å². The summed E-state index contributed by atoms with van der Waals surface area (Å²) in [4.78, 5) is 29.5. The second-order valence-corrected chi connectivity index (χ2v) is 7.60. The van der Waals surface area contributed by atoms with Crippen LogP contribution >= 0.6 is 0 Å². The van der Waals surface area contributed by atoms with Crippen LogP contribution in [0.25, 0.3) is 0 Å². The first kappa shape index (κ1) is 24.7. The smallest absolute Gasteiger partial charge is 0.239 e. The van der Waals surface area contributed by atoms with Gasteiger partial charge in [0.15, 0.2) is 0 Å². The third-order valence-corrected chi connectivity index (χ3v) is 4.97. The fourth-order valence-corrected chi connectivity index (χ4v) is 3.18. The van der Waals surface area contributed by atoms with E-state index in [4.69, 9.17) is 4.84 Å². The Kier molecular flexibility index (Phi) is 12.2. The molecular formula is C25H35N3O3. The Labute approximate surface area is 185 Å². The molecule has 2 rings (SSSR count). The van der Waals surface area contributed by atoms with Crippen LogP contribution in [0.3, 0.4) is 0 Å². The van der Waals surface area contributed by atoms with Gasteiger partial charge in [-0.25, -0.2) is 0 Å². The summed E-state index contributed by atoms with van der Waals surface area (Å²) >= 11 is 0. The molecule has 0 saturated carbocycles. The molecule has 3 N–H and O–H groups in total. The van der Waals surface area contributed by atoms with E-state index in [0.717, 1.165) is 37.5 Å². The highest BCUT2D eigenvalue weighted by molar-refractivity contribution is 5.81. The van der Waals surface area contributed by atoms with Crippen LogP contribution in [0.15, 0.2) is 60.7 Å². The lowest BCUT2D eigenvalue weighted by Gasteiger charge is -2.20. The summed E-state index contributed by atoms with van der Waals surface area (Å²) in [5, 5.41) is 6.25. The normalized spacial score (nSPS) is 12.8. The van der Waals surface area contributed by atoms with E-state index in [-0.39, 0.29) is 12.5 Å². The van der Waals surface area contributed by atoms with Gasteiger partial charge >= 0.3 is 0 Å². The van der Waals surface area contributed by atoms with Crippen LogP contribution in [0.2, 0.25) is 0 Å². The van der Waals surface area contributed by atoms with Crippen LogP contribution in [-0.4, -0.2) is 44.0 Å². The molecule has 2 unspecified atom stereocenters. The summed E-state index contributed by atoms with van der Waals surface area (Å²) in [5.41, 5.74) is 5.12. The highest BCUT2D eigenvalue weighted by atomic mass is 16.6. The summed E-state index contributed by atoms with van der Waals surface area (Å²) in [7, 11) is 0. The van der Waals surface area contributed by atoms with Crippen LogP contribution < -0.4 is 16.1 Å². The first-order chi connectivity index (χ1) is 15.2. The number of rotatable bonds is 16. The zero-order chi connectivity index (χ0) is 22.2. The molecular weight excluding hydrogens is 390 g/mol. The Hall–Kier alpha value is -2.54. The number of nitrogens with one attached hydrogen (secondary N) is 3. The van der Waals surface area contributed by atoms with Gasteiger partial charge in [0.2, 0.25) is 5.91 Å². The molecule has 0 radical (unpaired) electrons. The topological polar surface area (TPSA) is 79.5 Å². The van der Waals surface area contributed by atoms with Crippen molar-refractivity contribution >= 4 is 12.2 Å². The van der Waals surface area contributed by atoms with E-state index in [1.54, 1.807) is 0 Å². The Bertz CT molecular complexity index is 740. The molecule has 2 aromatic carbocycles. The molecule has 0 fully saturated rings. The number of hydrogen-bond donors (Lipinski definition) is 3. The van der Waals surface area contributed by atoms with Gasteiger partial charge in [0.25, 0.3) is 0 Å². The lowest BCUT2D eigenvalue weighted by molar-refractivity contribution is -0.126. The van der Waals surface area contributed by atoms with Crippen molar-refractivity contribution in [3.05, 3.63) is 71.8 Å². The number of benzene rings is 2. The van der Waals surface area contributed by atoms with Crippen LogP contribution in [0.1, 0.15) is 37.3 Å². The van der Waals surface area contributed by atoms with Gasteiger partial charge in [-0.05, 0) is 43.4 Å². The minimum absolute atomic E-state index is 0.0827. The van der Waals surface area contributed by atoms with E-state index in [0.29, 0.717) is 19.5 Å². The third-order valence-electron chi connectivity index (χ3n) is 4.97. The highest BCUT2D eigenvalue weighted by Gasteiger charge is 2.19. The Morgan fingerprint density at radius 1 is 0.968 bits per heavy atom. The first-order valence-corrected chi connectivity index (χ1v) is 11.1. The van der Waals surface area contributed by atoms with Crippen molar-refractivity contribution in [3.63, 3.8) is 0 Å². The van der Waals surface area contributed by atoms with Crippen molar-refractivity contribution in [1.29, 1.82) is 0 Å². The Morgan fingerprint density at radius 2 is 1.65 bits per heavy atom. The largest absolute Gasteiger partial charge is 0.355 e. The molecule has 0 saturated heterocycles. The summed E-state index contributed by atoms with van der Waals surface area (Å²) in [6.45, 7) is 3.58. The predicted octanol–water partition coefficient (Wildman–Crippen LogP) is 2.83. The van der Waals surface area contributed by atoms with Crippen LogP contribution in [0, 0.1) is 0 Å². The van der Waals surface area contributed by atoms with Gasteiger partial charge < -0.3 is 15.4 Å². The molecule has 168 valence electrons. The minimum Gasteiger partial charge on any atom is -0.355 e. The molecule has 0 aromatic heterocycles. The van der Waals surface area contributed by atoms with Gasteiger partial charge in [-0.15, -0.1) is 0 Å². The van der Waals surface area contributed by atoms with Gasteiger partial charge in [-0.3, -0.25) is 9.63 Å².